The van der Waals surface area contributed by atoms with Crippen LogP contribution in [0.3, 0.4) is 0 Å². The van der Waals surface area contributed by atoms with E-state index in [9.17, 15) is 5.11 Å². The molecule has 138 valence electrons. The summed E-state index contributed by atoms with van der Waals surface area (Å²) in [5.41, 5.74) is 2.55. The topological polar surface area (TPSA) is 41.5 Å². The van der Waals surface area contributed by atoms with Crippen molar-refractivity contribution in [3.63, 3.8) is 0 Å². The number of benzene rings is 1. The third-order valence-corrected chi connectivity index (χ3v) is 5.20. The van der Waals surface area contributed by atoms with E-state index in [-0.39, 0.29) is 0 Å². The number of ether oxygens (including phenoxy) is 1. The van der Waals surface area contributed by atoms with Crippen LogP contribution >= 0.6 is 11.3 Å². The maximum atomic E-state index is 10.1. The summed E-state index contributed by atoms with van der Waals surface area (Å²) < 4.78 is 5.95. The minimum absolute atomic E-state index is 0.342. The zero-order valence-electron chi connectivity index (χ0n) is 15.6. The lowest BCUT2D eigenvalue weighted by Gasteiger charge is -2.15. The first kappa shape index (κ1) is 20.0. The Morgan fingerprint density at radius 3 is 2.60 bits per heavy atom. The molecule has 2 N–H and O–H groups in total. The molecular formula is C21H31NO2S. The van der Waals surface area contributed by atoms with E-state index in [1.807, 2.05) is 0 Å². The number of aryl methyl sites for hydroxylation is 3. The zero-order chi connectivity index (χ0) is 18.1. The van der Waals surface area contributed by atoms with Crippen LogP contribution in [-0.2, 0) is 12.8 Å². The van der Waals surface area contributed by atoms with Gasteiger partial charge in [0.2, 0.25) is 0 Å². The van der Waals surface area contributed by atoms with Crippen LogP contribution in [0.25, 0.3) is 0 Å². The largest absolute Gasteiger partial charge is 0.489 e. The van der Waals surface area contributed by atoms with Crippen molar-refractivity contribution in [1.82, 2.24) is 5.32 Å². The van der Waals surface area contributed by atoms with Crippen LogP contribution in [0.1, 0.15) is 36.3 Å². The lowest BCUT2D eigenvalue weighted by Crippen LogP contribution is -2.33. The molecule has 0 fully saturated rings. The van der Waals surface area contributed by atoms with Gasteiger partial charge in [0.15, 0.2) is 0 Å². The minimum atomic E-state index is -0.477. The Morgan fingerprint density at radius 2 is 1.88 bits per heavy atom. The van der Waals surface area contributed by atoms with E-state index in [0.29, 0.717) is 19.1 Å². The molecule has 0 spiro atoms. The number of nitrogens with one attached hydrogen (secondary N) is 1. The average molecular weight is 362 g/mol. The molecule has 3 nitrogen and oxygen atoms in total. The quantitative estimate of drug-likeness (QED) is 0.630. The molecule has 1 aromatic heterocycles. The lowest BCUT2D eigenvalue weighted by atomic mass is 10.1. The number of aliphatic hydroxyl groups excluding tert-OH is 1. The van der Waals surface area contributed by atoms with E-state index in [4.69, 9.17) is 4.74 Å². The fourth-order valence-electron chi connectivity index (χ4n) is 2.73. The third kappa shape index (κ3) is 7.18. The van der Waals surface area contributed by atoms with Crippen molar-refractivity contribution in [3.05, 3.63) is 51.7 Å². The number of rotatable bonds is 11. The molecule has 0 amide bonds. The summed E-state index contributed by atoms with van der Waals surface area (Å²) in [6, 6.07) is 10.6. The van der Waals surface area contributed by atoms with Gasteiger partial charge in [0.25, 0.3) is 0 Å². The minimum Gasteiger partial charge on any atom is -0.489 e. The lowest BCUT2D eigenvalue weighted by molar-refractivity contribution is 0.105. The van der Waals surface area contributed by atoms with E-state index in [0.717, 1.165) is 31.6 Å². The Kier molecular flexibility index (Phi) is 8.45. The standard InChI is InChI=1S/C21H31NO2S/c1-16(2)12-22-13-19(23)14-24-21-17(3)15-25-20(21)11-7-10-18-8-5-4-6-9-18/h4-6,8-9,15-16,19,22-23H,7,10-14H2,1-3H3. The summed E-state index contributed by atoms with van der Waals surface area (Å²) in [4.78, 5) is 1.29. The average Bonchev–Trinajstić information content (AvgIpc) is 2.94. The van der Waals surface area contributed by atoms with Crippen LogP contribution in [0, 0.1) is 12.8 Å². The maximum Gasteiger partial charge on any atom is 0.136 e. The van der Waals surface area contributed by atoms with Crippen LogP contribution in [0.5, 0.6) is 5.75 Å². The van der Waals surface area contributed by atoms with E-state index >= 15 is 0 Å². The second kappa shape index (κ2) is 10.6. The fourth-order valence-corrected chi connectivity index (χ4v) is 3.74. The Hall–Kier alpha value is -1.36. The third-order valence-electron chi connectivity index (χ3n) is 4.05. The van der Waals surface area contributed by atoms with Gasteiger partial charge in [0, 0.05) is 17.0 Å². The molecule has 0 radical (unpaired) electrons. The highest BCUT2D eigenvalue weighted by molar-refractivity contribution is 7.10. The Morgan fingerprint density at radius 1 is 1.12 bits per heavy atom. The van der Waals surface area contributed by atoms with Crippen molar-refractivity contribution in [1.29, 1.82) is 0 Å². The van der Waals surface area contributed by atoms with Gasteiger partial charge < -0.3 is 15.2 Å². The first-order valence-corrected chi connectivity index (χ1v) is 10.1. The molecule has 0 aliphatic heterocycles. The van der Waals surface area contributed by atoms with Gasteiger partial charge in [-0.25, -0.2) is 0 Å². The van der Waals surface area contributed by atoms with Crippen LogP contribution in [0.4, 0.5) is 0 Å². The molecule has 0 saturated heterocycles. The summed E-state index contributed by atoms with van der Waals surface area (Å²) in [6.45, 7) is 8.23. The number of hydrogen-bond donors (Lipinski definition) is 2. The summed E-state index contributed by atoms with van der Waals surface area (Å²) in [7, 11) is 0. The molecule has 2 aromatic rings. The van der Waals surface area contributed by atoms with Gasteiger partial charge in [-0.2, -0.15) is 0 Å². The van der Waals surface area contributed by atoms with Gasteiger partial charge in [-0.15, -0.1) is 11.3 Å². The molecule has 4 heteroatoms. The van der Waals surface area contributed by atoms with E-state index in [1.165, 1.54) is 16.0 Å². The van der Waals surface area contributed by atoms with E-state index in [1.54, 1.807) is 11.3 Å². The maximum absolute atomic E-state index is 10.1. The van der Waals surface area contributed by atoms with Gasteiger partial charge >= 0.3 is 0 Å². The molecule has 1 atom stereocenters. The van der Waals surface area contributed by atoms with Crippen molar-refractivity contribution in [2.45, 2.75) is 46.1 Å². The highest BCUT2D eigenvalue weighted by atomic mass is 32.1. The number of hydrogen-bond acceptors (Lipinski definition) is 4. The predicted molar refractivity (Wildman–Crippen MR) is 107 cm³/mol. The Balaban J connectivity index is 1.78. The molecule has 1 heterocycles. The van der Waals surface area contributed by atoms with Crippen molar-refractivity contribution in [2.24, 2.45) is 5.92 Å². The van der Waals surface area contributed by atoms with Crippen LogP contribution in [-0.4, -0.2) is 30.9 Å². The number of thiophene rings is 1. The van der Waals surface area contributed by atoms with Gasteiger partial charge in [-0.3, -0.25) is 0 Å². The molecule has 0 aliphatic carbocycles. The van der Waals surface area contributed by atoms with Gasteiger partial charge in [0.05, 0.1) is 0 Å². The molecule has 25 heavy (non-hydrogen) atoms. The smallest absolute Gasteiger partial charge is 0.136 e. The highest BCUT2D eigenvalue weighted by Gasteiger charge is 2.13. The summed E-state index contributed by atoms with van der Waals surface area (Å²) in [5, 5.41) is 15.5. The van der Waals surface area contributed by atoms with Gasteiger partial charge in [-0.1, -0.05) is 44.2 Å². The molecular weight excluding hydrogens is 330 g/mol. The SMILES string of the molecule is Cc1csc(CCCc2ccccc2)c1OCC(O)CNCC(C)C. The first-order chi connectivity index (χ1) is 12.1. The van der Waals surface area contributed by atoms with E-state index in [2.05, 4.69) is 61.8 Å². The fraction of sp³-hybridized carbons (Fsp3) is 0.524. The highest BCUT2D eigenvalue weighted by Crippen LogP contribution is 2.31. The van der Waals surface area contributed by atoms with Crippen molar-refractivity contribution >= 4 is 11.3 Å². The first-order valence-electron chi connectivity index (χ1n) is 9.18. The molecule has 0 aliphatic rings. The monoisotopic (exact) mass is 361 g/mol. The second-order valence-electron chi connectivity index (χ2n) is 7.03. The van der Waals surface area contributed by atoms with Crippen molar-refractivity contribution in [3.8, 4) is 5.75 Å². The van der Waals surface area contributed by atoms with Crippen LogP contribution in [0.2, 0.25) is 0 Å². The molecule has 1 unspecified atom stereocenters. The molecule has 0 bridgehead atoms. The summed E-state index contributed by atoms with van der Waals surface area (Å²) >= 11 is 1.76. The molecule has 0 saturated carbocycles. The van der Waals surface area contributed by atoms with Crippen LogP contribution < -0.4 is 10.1 Å². The van der Waals surface area contributed by atoms with Gasteiger partial charge in [-0.05, 0) is 49.6 Å². The van der Waals surface area contributed by atoms with Crippen molar-refractivity contribution in [2.75, 3.05) is 19.7 Å². The Labute approximate surface area is 156 Å². The zero-order valence-corrected chi connectivity index (χ0v) is 16.4. The second-order valence-corrected chi connectivity index (χ2v) is 7.99. The number of aliphatic hydroxyl groups is 1. The summed E-state index contributed by atoms with van der Waals surface area (Å²) in [5.74, 6) is 1.56. The molecule has 2 rings (SSSR count). The van der Waals surface area contributed by atoms with Gasteiger partial charge in [0.1, 0.15) is 18.5 Å². The van der Waals surface area contributed by atoms with Crippen LogP contribution in [0.15, 0.2) is 35.7 Å². The Bertz CT molecular complexity index is 610. The van der Waals surface area contributed by atoms with E-state index < -0.39 is 6.10 Å². The summed E-state index contributed by atoms with van der Waals surface area (Å²) in [6.07, 6.45) is 2.73. The molecule has 1 aromatic carbocycles. The predicted octanol–water partition coefficient (Wildman–Crippen LogP) is 4.22. The normalized spacial score (nSPS) is 12.5. The van der Waals surface area contributed by atoms with Crippen molar-refractivity contribution < 1.29 is 9.84 Å².